The summed E-state index contributed by atoms with van der Waals surface area (Å²) in [6.45, 7) is 4.86. The quantitative estimate of drug-likeness (QED) is 0.125. The number of H-pyrrole nitrogens is 1. The summed E-state index contributed by atoms with van der Waals surface area (Å²) in [4.78, 5) is 87.2. The van der Waals surface area contributed by atoms with Crippen molar-refractivity contribution in [2.45, 2.75) is 89.2 Å². The number of hydrogen-bond donors (Lipinski definition) is 6. The van der Waals surface area contributed by atoms with Crippen LogP contribution in [0.1, 0.15) is 56.0 Å². The first-order chi connectivity index (χ1) is 27.1. The molecular weight excluding hydrogens is 732 g/mol. The number of aromatic nitrogens is 1. The first kappa shape index (κ1) is 40.3. The van der Waals surface area contributed by atoms with Crippen molar-refractivity contribution in [1.29, 1.82) is 0 Å². The fraction of sp³-hybridized carbons (Fsp3) is 0.381. The second kappa shape index (κ2) is 17.2. The maximum Gasteiger partial charge on any atom is 0.408 e. The topological polar surface area (TPSA) is 210 Å². The third-order valence-corrected chi connectivity index (χ3v) is 10.0. The summed E-state index contributed by atoms with van der Waals surface area (Å²) in [6, 6.07) is 18.2. The lowest BCUT2D eigenvalue weighted by atomic mass is 10.0. The number of fused-ring (bicyclic) bond motifs is 3. The Labute approximate surface area is 329 Å². The minimum atomic E-state index is -1.24. The van der Waals surface area contributed by atoms with Crippen molar-refractivity contribution in [3.05, 3.63) is 101 Å². The summed E-state index contributed by atoms with van der Waals surface area (Å²) in [6.07, 6.45) is 0.182. The van der Waals surface area contributed by atoms with E-state index in [-0.39, 0.29) is 38.1 Å². The number of alkyl carbamates (subject to hydrolysis) is 1. The number of phenols is 1. The fourth-order valence-corrected chi connectivity index (χ4v) is 7.40. The Bertz CT molecular complexity index is 2130. The number of amides is 5. The molecule has 2 aliphatic heterocycles. The molecule has 3 aromatic carbocycles. The van der Waals surface area contributed by atoms with Crippen LogP contribution < -0.4 is 16.0 Å². The fourth-order valence-electron chi connectivity index (χ4n) is 7.40. The molecule has 15 heteroatoms. The number of ether oxygens (including phenoxy) is 1. The number of hydrogen-bond acceptors (Lipinski definition) is 8. The van der Waals surface area contributed by atoms with Crippen molar-refractivity contribution in [2.75, 3.05) is 13.1 Å². The van der Waals surface area contributed by atoms with Gasteiger partial charge in [-0.05, 0) is 68.5 Å². The van der Waals surface area contributed by atoms with Crippen molar-refractivity contribution in [3.8, 4) is 5.75 Å². The zero-order chi connectivity index (χ0) is 40.9. The molecule has 1 saturated heterocycles. The van der Waals surface area contributed by atoms with Gasteiger partial charge in [0.25, 0.3) is 0 Å². The van der Waals surface area contributed by atoms with E-state index in [2.05, 4.69) is 20.9 Å². The van der Waals surface area contributed by atoms with Gasteiger partial charge in [0.05, 0.1) is 6.54 Å². The highest BCUT2D eigenvalue weighted by Gasteiger charge is 2.41. The van der Waals surface area contributed by atoms with Crippen molar-refractivity contribution in [2.24, 2.45) is 0 Å². The number of carboxylic acids is 1. The lowest BCUT2D eigenvalue weighted by molar-refractivity contribution is -0.144. The van der Waals surface area contributed by atoms with Gasteiger partial charge in [-0.25, -0.2) is 9.59 Å². The number of rotatable bonds is 12. The van der Waals surface area contributed by atoms with Crippen LogP contribution in [0.3, 0.4) is 0 Å². The smallest absolute Gasteiger partial charge is 0.408 e. The molecule has 0 spiro atoms. The maximum absolute atomic E-state index is 14.3. The molecule has 4 aromatic rings. The summed E-state index contributed by atoms with van der Waals surface area (Å²) >= 11 is 0. The number of carbonyl (C=O) groups is 6. The third kappa shape index (κ3) is 10.1. The van der Waals surface area contributed by atoms with Crippen LogP contribution in [0.25, 0.3) is 10.9 Å². The van der Waals surface area contributed by atoms with Gasteiger partial charge in [-0.15, -0.1) is 0 Å². The molecule has 0 radical (unpaired) electrons. The summed E-state index contributed by atoms with van der Waals surface area (Å²) in [7, 11) is 0. The van der Waals surface area contributed by atoms with Gasteiger partial charge in [-0.3, -0.25) is 19.2 Å². The average molecular weight is 781 g/mol. The minimum absolute atomic E-state index is 0.00236. The SMILES string of the molecule is CC(C)(C)OC(=O)N[C@@H](Cc1ccc(O)cc1)C(=O)N1CCC[C@H]1C(=O)N[C@H]1Cc2c([nH]c3ccccc23)CN(CC(=O)N[C@@H](Cc2ccccc2)C(=O)O)C1=O. The lowest BCUT2D eigenvalue weighted by Gasteiger charge is -2.31. The minimum Gasteiger partial charge on any atom is -0.508 e. The van der Waals surface area contributed by atoms with Gasteiger partial charge in [-0.1, -0.05) is 60.7 Å². The van der Waals surface area contributed by atoms with Crippen LogP contribution in [-0.4, -0.2) is 104 Å². The molecule has 5 amide bonds. The Morgan fingerprint density at radius 3 is 2.26 bits per heavy atom. The molecule has 3 heterocycles. The number of aliphatic carboxylic acids is 1. The van der Waals surface area contributed by atoms with Crippen molar-refractivity contribution < 1.29 is 43.7 Å². The molecule has 0 unspecified atom stereocenters. The molecule has 4 atom stereocenters. The molecular formula is C42H48N6O9. The number of aromatic hydroxyl groups is 1. The van der Waals surface area contributed by atoms with Gasteiger partial charge in [0.15, 0.2) is 0 Å². The molecule has 6 N–H and O–H groups in total. The number of para-hydroxylation sites is 1. The monoisotopic (exact) mass is 780 g/mol. The van der Waals surface area contributed by atoms with E-state index >= 15 is 0 Å². The molecule has 0 saturated carbocycles. The van der Waals surface area contributed by atoms with Crippen LogP contribution in [-0.2, 0) is 54.5 Å². The normalized spacial score (nSPS) is 17.9. The first-order valence-electron chi connectivity index (χ1n) is 19.0. The standard InChI is InChI=1S/C42H48N6O9/c1-42(2,3)57-41(56)46-31(20-26-15-17-27(49)18-16-26)39(53)48-19-9-14-35(48)37(51)45-32-22-29-28-12-7-8-13-30(28)43-34(29)23-47(38(32)52)24-36(50)44-33(40(54)55)21-25-10-5-4-6-11-25/h4-8,10-13,15-18,31-33,35,43,49H,9,14,19-24H2,1-3H3,(H,44,50)(H,45,51)(H,46,56)(H,54,55)/t31-,32-,33-,35-/m0/s1. The Balaban J connectivity index is 1.22. The van der Waals surface area contributed by atoms with E-state index in [1.807, 2.05) is 24.3 Å². The summed E-state index contributed by atoms with van der Waals surface area (Å²) in [5.74, 6) is -3.49. The van der Waals surface area contributed by atoms with Gasteiger partial charge < -0.3 is 45.7 Å². The van der Waals surface area contributed by atoms with Gasteiger partial charge in [0.2, 0.25) is 23.6 Å². The second-order valence-corrected chi connectivity index (χ2v) is 15.5. The van der Waals surface area contributed by atoms with Crippen LogP contribution >= 0.6 is 0 Å². The largest absolute Gasteiger partial charge is 0.508 e. The number of benzene rings is 3. The van der Waals surface area contributed by atoms with Gasteiger partial charge in [0.1, 0.15) is 42.1 Å². The Kier molecular flexibility index (Phi) is 12.1. The Hall–Kier alpha value is -6.38. The number of carbonyl (C=O) groups excluding carboxylic acids is 5. The van der Waals surface area contributed by atoms with Crippen LogP contribution in [0.4, 0.5) is 4.79 Å². The number of phenolic OH excluding ortho intramolecular Hbond substituents is 1. The third-order valence-electron chi connectivity index (χ3n) is 10.0. The van der Waals surface area contributed by atoms with E-state index in [1.165, 1.54) is 21.9 Å². The predicted octanol–water partition coefficient (Wildman–Crippen LogP) is 3.18. The van der Waals surface area contributed by atoms with Crippen LogP contribution in [0.5, 0.6) is 5.75 Å². The molecule has 2 aliphatic rings. The summed E-state index contributed by atoms with van der Waals surface area (Å²) in [5, 5.41) is 28.6. The molecule has 1 aromatic heterocycles. The van der Waals surface area contributed by atoms with Crippen LogP contribution in [0.2, 0.25) is 0 Å². The highest BCUT2D eigenvalue weighted by atomic mass is 16.6. The maximum atomic E-state index is 14.3. The molecule has 0 aliphatic carbocycles. The highest BCUT2D eigenvalue weighted by molar-refractivity contribution is 5.97. The number of likely N-dealkylation sites (tertiary alicyclic amines) is 1. The van der Waals surface area contributed by atoms with E-state index < -0.39 is 72.0 Å². The van der Waals surface area contributed by atoms with Gasteiger partial charge in [-0.2, -0.15) is 0 Å². The zero-order valence-electron chi connectivity index (χ0n) is 32.1. The van der Waals surface area contributed by atoms with Crippen molar-refractivity contribution in [3.63, 3.8) is 0 Å². The number of nitrogens with zero attached hydrogens (tertiary/aromatic N) is 2. The second-order valence-electron chi connectivity index (χ2n) is 15.5. The Morgan fingerprint density at radius 1 is 0.895 bits per heavy atom. The highest BCUT2D eigenvalue weighted by Crippen LogP contribution is 2.29. The lowest BCUT2D eigenvalue weighted by Crippen LogP contribution is -2.57. The Morgan fingerprint density at radius 2 is 1.56 bits per heavy atom. The summed E-state index contributed by atoms with van der Waals surface area (Å²) < 4.78 is 5.44. The predicted molar refractivity (Wildman–Crippen MR) is 209 cm³/mol. The molecule has 300 valence electrons. The van der Waals surface area contributed by atoms with E-state index in [9.17, 15) is 39.0 Å². The zero-order valence-corrected chi connectivity index (χ0v) is 32.1. The van der Waals surface area contributed by atoms with E-state index in [0.717, 1.165) is 16.5 Å². The van der Waals surface area contributed by atoms with Crippen LogP contribution in [0, 0.1) is 0 Å². The molecule has 1 fully saturated rings. The van der Waals surface area contributed by atoms with Crippen molar-refractivity contribution >= 4 is 46.6 Å². The number of nitrogens with one attached hydrogen (secondary N) is 4. The van der Waals surface area contributed by atoms with E-state index in [0.29, 0.717) is 29.7 Å². The number of carboxylic acid groups (broad SMARTS) is 1. The molecule has 15 nitrogen and oxygen atoms in total. The molecule has 0 bridgehead atoms. The first-order valence-corrected chi connectivity index (χ1v) is 19.0. The number of aromatic amines is 1. The van der Waals surface area contributed by atoms with Gasteiger partial charge in [0, 0.05) is 42.4 Å². The molecule has 6 rings (SSSR count). The van der Waals surface area contributed by atoms with Crippen LogP contribution in [0.15, 0.2) is 78.9 Å². The average Bonchev–Trinajstić information content (AvgIpc) is 3.76. The van der Waals surface area contributed by atoms with Crippen molar-refractivity contribution in [1.82, 2.24) is 30.7 Å². The molecule has 57 heavy (non-hydrogen) atoms. The van der Waals surface area contributed by atoms with E-state index in [1.54, 1.807) is 63.2 Å². The van der Waals surface area contributed by atoms with E-state index in [4.69, 9.17) is 4.74 Å². The summed E-state index contributed by atoms with van der Waals surface area (Å²) in [5.41, 5.74) is 2.81. The van der Waals surface area contributed by atoms with Gasteiger partial charge >= 0.3 is 12.1 Å².